The Hall–Kier alpha value is -1.03. The Morgan fingerprint density at radius 3 is 2.11 bits per heavy atom. The fourth-order valence-corrected chi connectivity index (χ4v) is 2.10. The molecule has 2 rings (SSSR count). The van der Waals surface area contributed by atoms with Crippen molar-refractivity contribution in [3.05, 3.63) is 44.8 Å². The molecule has 0 unspecified atom stereocenters. The van der Waals surface area contributed by atoms with Crippen molar-refractivity contribution >= 4 is 46.3 Å². The lowest BCUT2D eigenvalue weighted by atomic mass is 10.3. The van der Waals surface area contributed by atoms with Crippen molar-refractivity contribution in [2.45, 2.75) is 13.8 Å². The Bertz CT molecular complexity index is 579. The Kier molecular flexibility index (Phi) is 3.95. The van der Waals surface area contributed by atoms with Gasteiger partial charge in [-0.15, -0.1) is 0 Å². The minimum atomic E-state index is 0.286. The lowest BCUT2D eigenvalue weighted by molar-refractivity contribution is 1.05. The number of anilines is 2. The van der Waals surface area contributed by atoms with Crippen molar-refractivity contribution in [2.24, 2.45) is 0 Å². The third-order valence-corrected chi connectivity index (χ3v) is 3.36. The summed E-state index contributed by atoms with van der Waals surface area (Å²) in [6.45, 7) is 3.71. The summed E-state index contributed by atoms with van der Waals surface area (Å²) in [5.41, 5.74) is 2.15. The van der Waals surface area contributed by atoms with E-state index in [0.717, 1.165) is 11.4 Å². The lowest BCUT2D eigenvalue weighted by Crippen LogP contribution is -2.01. The predicted molar refractivity (Wildman–Crippen MR) is 76.3 cm³/mol. The molecule has 0 amide bonds. The van der Waals surface area contributed by atoms with Crippen LogP contribution in [0.15, 0.2) is 18.2 Å². The molecule has 0 atom stereocenters. The van der Waals surface area contributed by atoms with E-state index in [-0.39, 0.29) is 5.15 Å². The number of rotatable bonds is 2. The summed E-state index contributed by atoms with van der Waals surface area (Å²) >= 11 is 18.2. The smallest absolute Gasteiger partial charge is 0.172 e. The van der Waals surface area contributed by atoms with Crippen LogP contribution in [0.1, 0.15) is 11.4 Å². The lowest BCUT2D eigenvalue weighted by Gasteiger charge is -2.11. The first-order valence-electron chi connectivity index (χ1n) is 5.21. The molecule has 0 aliphatic carbocycles. The molecule has 1 aromatic heterocycles. The summed E-state index contributed by atoms with van der Waals surface area (Å²) in [5.74, 6) is 0.440. The third kappa shape index (κ3) is 2.69. The van der Waals surface area contributed by atoms with Gasteiger partial charge in [-0.1, -0.05) is 40.9 Å². The number of para-hydroxylation sites is 1. The second kappa shape index (κ2) is 5.31. The van der Waals surface area contributed by atoms with Gasteiger partial charge in [-0.3, -0.25) is 0 Å². The minimum absolute atomic E-state index is 0.286. The SMILES string of the molecule is Cc1nc(Cl)c(Nc2c(Cl)cccc2Cl)nc1C. The summed E-state index contributed by atoms with van der Waals surface area (Å²) < 4.78 is 0. The second-order valence-electron chi connectivity index (χ2n) is 3.76. The number of nitrogens with one attached hydrogen (secondary N) is 1. The van der Waals surface area contributed by atoms with Gasteiger partial charge in [0.15, 0.2) is 11.0 Å². The molecule has 6 heteroatoms. The highest BCUT2D eigenvalue weighted by Crippen LogP contribution is 2.33. The van der Waals surface area contributed by atoms with Crippen molar-refractivity contribution in [3.8, 4) is 0 Å². The second-order valence-corrected chi connectivity index (χ2v) is 4.93. The molecule has 0 spiro atoms. The zero-order chi connectivity index (χ0) is 13.3. The fourth-order valence-electron chi connectivity index (χ4n) is 1.39. The molecular formula is C12H10Cl3N3. The van der Waals surface area contributed by atoms with E-state index in [4.69, 9.17) is 34.8 Å². The normalized spacial score (nSPS) is 10.5. The number of hydrogen-bond donors (Lipinski definition) is 1. The molecule has 94 valence electrons. The van der Waals surface area contributed by atoms with E-state index >= 15 is 0 Å². The van der Waals surface area contributed by atoms with Crippen LogP contribution in [0.2, 0.25) is 15.2 Å². The molecule has 0 saturated carbocycles. The van der Waals surface area contributed by atoms with E-state index in [2.05, 4.69) is 15.3 Å². The number of nitrogens with zero attached hydrogens (tertiary/aromatic N) is 2. The van der Waals surface area contributed by atoms with Gasteiger partial charge in [-0.25, -0.2) is 9.97 Å². The molecule has 0 saturated heterocycles. The van der Waals surface area contributed by atoms with Gasteiger partial charge in [0.2, 0.25) is 0 Å². The van der Waals surface area contributed by atoms with Crippen LogP contribution in [0.3, 0.4) is 0 Å². The van der Waals surface area contributed by atoms with Crippen LogP contribution >= 0.6 is 34.8 Å². The topological polar surface area (TPSA) is 37.8 Å². The third-order valence-electron chi connectivity index (χ3n) is 2.47. The monoisotopic (exact) mass is 301 g/mol. The minimum Gasteiger partial charge on any atom is -0.335 e. The highest BCUT2D eigenvalue weighted by atomic mass is 35.5. The quantitative estimate of drug-likeness (QED) is 0.866. The zero-order valence-corrected chi connectivity index (χ0v) is 12.0. The van der Waals surface area contributed by atoms with E-state index in [9.17, 15) is 0 Å². The molecule has 0 radical (unpaired) electrons. The Morgan fingerprint density at radius 2 is 1.50 bits per heavy atom. The highest BCUT2D eigenvalue weighted by Gasteiger charge is 2.11. The maximum absolute atomic E-state index is 6.06. The molecule has 18 heavy (non-hydrogen) atoms. The van der Waals surface area contributed by atoms with Gasteiger partial charge < -0.3 is 5.32 Å². The summed E-state index contributed by atoms with van der Waals surface area (Å²) in [4.78, 5) is 8.51. The van der Waals surface area contributed by atoms with Gasteiger partial charge in [-0.2, -0.15) is 0 Å². The molecule has 1 heterocycles. The highest BCUT2D eigenvalue weighted by molar-refractivity contribution is 6.39. The van der Waals surface area contributed by atoms with E-state index < -0.39 is 0 Å². The van der Waals surface area contributed by atoms with Crippen LogP contribution < -0.4 is 5.32 Å². The number of aryl methyl sites for hydroxylation is 2. The van der Waals surface area contributed by atoms with Crippen molar-refractivity contribution < 1.29 is 0 Å². The Labute approximate surface area is 120 Å². The first-order valence-corrected chi connectivity index (χ1v) is 6.34. The van der Waals surface area contributed by atoms with Crippen molar-refractivity contribution in [1.82, 2.24) is 9.97 Å². The average Bonchev–Trinajstić information content (AvgIpc) is 2.30. The number of benzene rings is 1. The zero-order valence-electron chi connectivity index (χ0n) is 9.76. The molecule has 1 aromatic carbocycles. The van der Waals surface area contributed by atoms with Gasteiger partial charge >= 0.3 is 0 Å². The van der Waals surface area contributed by atoms with E-state index in [1.54, 1.807) is 18.2 Å². The first kappa shape index (κ1) is 13.4. The van der Waals surface area contributed by atoms with E-state index in [1.165, 1.54) is 0 Å². The van der Waals surface area contributed by atoms with Gasteiger partial charge in [-0.05, 0) is 26.0 Å². The summed E-state index contributed by atoms with van der Waals surface area (Å²) in [6.07, 6.45) is 0. The van der Waals surface area contributed by atoms with E-state index in [0.29, 0.717) is 21.6 Å². The number of aromatic nitrogens is 2. The Balaban J connectivity index is 2.43. The van der Waals surface area contributed by atoms with Crippen LogP contribution in [0.5, 0.6) is 0 Å². The molecule has 0 bridgehead atoms. The van der Waals surface area contributed by atoms with Gasteiger partial charge in [0, 0.05) is 0 Å². The fraction of sp³-hybridized carbons (Fsp3) is 0.167. The van der Waals surface area contributed by atoms with Gasteiger partial charge in [0.1, 0.15) is 0 Å². The molecule has 1 N–H and O–H groups in total. The molecule has 0 aliphatic heterocycles. The molecule has 2 aromatic rings. The van der Waals surface area contributed by atoms with Gasteiger partial charge in [0.25, 0.3) is 0 Å². The molecular weight excluding hydrogens is 293 g/mol. The summed E-state index contributed by atoms with van der Waals surface area (Å²) in [6, 6.07) is 5.24. The van der Waals surface area contributed by atoms with Crippen LogP contribution in [-0.4, -0.2) is 9.97 Å². The van der Waals surface area contributed by atoms with Crippen LogP contribution in [-0.2, 0) is 0 Å². The van der Waals surface area contributed by atoms with Gasteiger partial charge in [0.05, 0.1) is 27.1 Å². The van der Waals surface area contributed by atoms with Crippen LogP contribution in [0.4, 0.5) is 11.5 Å². The standard InChI is InChI=1S/C12H10Cl3N3/c1-6-7(2)17-12(11(15)16-6)18-10-8(13)4-3-5-9(10)14/h3-5H,1-2H3,(H,17,18). The maximum atomic E-state index is 6.06. The van der Waals surface area contributed by atoms with E-state index in [1.807, 2.05) is 13.8 Å². The average molecular weight is 303 g/mol. The van der Waals surface area contributed by atoms with Crippen molar-refractivity contribution in [3.63, 3.8) is 0 Å². The number of halogens is 3. The van der Waals surface area contributed by atoms with Crippen LogP contribution in [0.25, 0.3) is 0 Å². The predicted octanol–water partition coefficient (Wildman–Crippen LogP) is 4.80. The summed E-state index contributed by atoms with van der Waals surface area (Å²) in [5, 5.41) is 4.29. The molecule has 0 aliphatic rings. The number of hydrogen-bond acceptors (Lipinski definition) is 3. The van der Waals surface area contributed by atoms with Crippen LogP contribution in [0, 0.1) is 13.8 Å². The molecule has 3 nitrogen and oxygen atoms in total. The largest absolute Gasteiger partial charge is 0.335 e. The summed E-state index contributed by atoms with van der Waals surface area (Å²) in [7, 11) is 0. The van der Waals surface area contributed by atoms with Crippen molar-refractivity contribution in [2.75, 3.05) is 5.32 Å². The first-order chi connectivity index (χ1) is 8.49. The molecule has 0 fully saturated rings. The van der Waals surface area contributed by atoms with Crippen molar-refractivity contribution in [1.29, 1.82) is 0 Å². The maximum Gasteiger partial charge on any atom is 0.172 e. The Morgan fingerprint density at radius 1 is 0.944 bits per heavy atom.